The zero-order valence-electron chi connectivity index (χ0n) is 11.8. The van der Waals surface area contributed by atoms with Crippen molar-refractivity contribution < 1.29 is 0 Å². The van der Waals surface area contributed by atoms with E-state index in [-0.39, 0.29) is 0 Å². The maximum Gasteiger partial charge on any atom is 0.0406 e. The number of hydrogen-bond donors (Lipinski definition) is 0. The molecule has 0 aromatic heterocycles. The molecular formula is C18H20ClN. The molecule has 1 heterocycles. The first-order valence-electron chi connectivity index (χ1n) is 7.27. The lowest BCUT2D eigenvalue weighted by Crippen LogP contribution is -2.22. The van der Waals surface area contributed by atoms with Gasteiger partial charge >= 0.3 is 0 Å². The number of nitrogens with zero attached hydrogens (tertiary/aromatic N) is 1. The Hall–Kier alpha value is -1.31. The fraction of sp³-hybridized carbons (Fsp3) is 0.333. The summed E-state index contributed by atoms with van der Waals surface area (Å²) in [6.07, 6.45) is 2.52. The predicted octanol–water partition coefficient (Wildman–Crippen LogP) is 4.99. The molecule has 1 nitrogen and oxygen atoms in total. The van der Waals surface area contributed by atoms with Crippen molar-refractivity contribution in [2.75, 3.05) is 6.54 Å². The van der Waals surface area contributed by atoms with E-state index in [1.54, 1.807) is 0 Å². The Balaban J connectivity index is 1.77. The molecule has 2 aromatic rings. The maximum absolute atomic E-state index is 5.99. The van der Waals surface area contributed by atoms with Crippen molar-refractivity contribution in [2.24, 2.45) is 0 Å². The molecule has 1 aliphatic rings. The number of rotatable bonds is 3. The van der Waals surface area contributed by atoms with Crippen LogP contribution in [0.5, 0.6) is 0 Å². The lowest BCUT2D eigenvalue weighted by atomic mass is 10.0. The summed E-state index contributed by atoms with van der Waals surface area (Å²) in [6.45, 7) is 4.38. The first-order chi connectivity index (χ1) is 9.72. The van der Waals surface area contributed by atoms with E-state index in [0.717, 1.165) is 11.6 Å². The van der Waals surface area contributed by atoms with Crippen molar-refractivity contribution >= 4 is 11.6 Å². The van der Waals surface area contributed by atoms with Crippen LogP contribution in [0.3, 0.4) is 0 Å². The summed E-state index contributed by atoms with van der Waals surface area (Å²) < 4.78 is 0. The van der Waals surface area contributed by atoms with Crippen LogP contribution in [0, 0.1) is 6.92 Å². The second-order valence-corrected chi connectivity index (χ2v) is 6.11. The summed E-state index contributed by atoms with van der Waals surface area (Å²) in [5, 5.41) is 0.817. The Labute approximate surface area is 126 Å². The summed E-state index contributed by atoms with van der Waals surface area (Å²) in [4.78, 5) is 2.58. The quantitative estimate of drug-likeness (QED) is 0.768. The first-order valence-corrected chi connectivity index (χ1v) is 7.65. The number of halogens is 1. The van der Waals surface area contributed by atoms with E-state index >= 15 is 0 Å². The van der Waals surface area contributed by atoms with Crippen LogP contribution < -0.4 is 0 Å². The van der Waals surface area contributed by atoms with Gasteiger partial charge in [0.25, 0.3) is 0 Å². The van der Waals surface area contributed by atoms with Gasteiger partial charge in [0, 0.05) is 17.6 Å². The minimum absolute atomic E-state index is 0.535. The van der Waals surface area contributed by atoms with Crippen LogP contribution in [-0.2, 0) is 6.54 Å². The van der Waals surface area contributed by atoms with Gasteiger partial charge in [-0.15, -0.1) is 0 Å². The van der Waals surface area contributed by atoms with E-state index in [9.17, 15) is 0 Å². The highest BCUT2D eigenvalue weighted by atomic mass is 35.5. The van der Waals surface area contributed by atoms with E-state index < -0.39 is 0 Å². The van der Waals surface area contributed by atoms with Gasteiger partial charge in [0.1, 0.15) is 0 Å². The van der Waals surface area contributed by atoms with Crippen LogP contribution in [0.4, 0.5) is 0 Å². The fourth-order valence-electron chi connectivity index (χ4n) is 3.12. The third-order valence-corrected chi connectivity index (χ3v) is 4.34. The molecule has 0 N–H and O–H groups in total. The van der Waals surface area contributed by atoms with Crippen LogP contribution >= 0.6 is 11.6 Å². The highest BCUT2D eigenvalue weighted by molar-refractivity contribution is 6.30. The van der Waals surface area contributed by atoms with Crippen molar-refractivity contribution in [1.82, 2.24) is 4.90 Å². The second-order valence-electron chi connectivity index (χ2n) is 5.67. The lowest BCUT2D eigenvalue weighted by Gasteiger charge is -2.25. The second kappa shape index (κ2) is 5.99. The van der Waals surface area contributed by atoms with Crippen LogP contribution in [0.1, 0.15) is 35.6 Å². The molecule has 0 unspecified atom stereocenters. The van der Waals surface area contributed by atoms with Crippen molar-refractivity contribution in [1.29, 1.82) is 0 Å². The van der Waals surface area contributed by atoms with Crippen LogP contribution in [0.2, 0.25) is 5.02 Å². The summed E-state index contributed by atoms with van der Waals surface area (Å²) in [7, 11) is 0. The molecule has 0 saturated carbocycles. The largest absolute Gasteiger partial charge is 0.292 e. The van der Waals surface area contributed by atoms with E-state index in [4.69, 9.17) is 11.6 Å². The highest BCUT2D eigenvalue weighted by Crippen LogP contribution is 2.33. The topological polar surface area (TPSA) is 3.24 Å². The first kappa shape index (κ1) is 13.7. The van der Waals surface area contributed by atoms with Crippen molar-refractivity contribution in [3.05, 3.63) is 70.2 Å². The molecule has 0 amide bonds. The number of likely N-dealkylation sites (tertiary alicyclic amines) is 1. The Kier molecular flexibility index (Phi) is 4.09. The van der Waals surface area contributed by atoms with Crippen LogP contribution in [0.15, 0.2) is 48.5 Å². The highest BCUT2D eigenvalue weighted by Gasteiger charge is 2.25. The smallest absolute Gasteiger partial charge is 0.0406 e. The molecule has 0 bridgehead atoms. The Morgan fingerprint density at radius 3 is 2.70 bits per heavy atom. The minimum Gasteiger partial charge on any atom is -0.292 e. The van der Waals surface area contributed by atoms with Gasteiger partial charge in [-0.1, -0.05) is 53.6 Å². The molecule has 20 heavy (non-hydrogen) atoms. The van der Waals surface area contributed by atoms with Gasteiger partial charge < -0.3 is 0 Å². The number of hydrogen-bond acceptors (Lipinski definition) is 1. The minimum atomic E-state index is 0.535. The van der Waals surface area contributed by atoms with Gasteiger partial charge in [-0.3, -0.25) is 4.90 Å². The molecular weight excluding hydrogens is 266 g/mol. The molecule has 0 radical (unpaired) electrons. The molecule has 2 aromatic carbocycles. The number of benzene rings is 2. The Bertz CT molecular complexity index is 576. The third-order valence-electron chi connectivity index (χ3n) is 4.09. The molecule has 2 heteroatoms. The molecule has 1 atom stereocenters. The Morgan fingerprint density at radius 1 is 1.15 bits per heavy atom. The predicted molar refractivity (Wildman–Crippen MR) is 85.0 cm³/mol. The zero-order valence-corrected chi connectivity index (χ0v) is 12.6. The van der Waals surface area contributed by atoms with Gasteiger partial charge in [-0.25, -0.2) is 0 Å². The van der Waals surface area contributed by atoms with Crippen molar-refractivity contribution in [3.63, 3.8) is 0 Å². The molecule has 104 valence electrons. The Morgan fingerprint density at radius 2 is 1.95 bits per heavy atom. The summed E-state index contributed by atoms with van der Waals surface area (Å²) >= 11 is 5.99. The van der Waals surface area contributed by atoms with Gasteiger partial charge in [0.05, 0.1) is 0 Å². The van der Waals surface area contributed by atoms with Gasteiger partial charge in [-0.2, -0.15) is 0 Å². The average Bonchev–Trinajstić information content (AvgIpc) is 2.88. The van der Waals surface area contributed by atoms with Gasteiger partial charge in [0.15, 0.2) is 0 Å². The van der Waals surface area contributed by atoms with Crippen LogP contribution in [0.25, 0.3) is 0 Å². The summed E-state index contributed by atoms with van der Waals surface area (Å²) in [6, 6.07) is 17.7. The third kappa shape index (κ3) is 3.05. The van der Waals surface area contributed by atoms with E-state index in [1.807, 2.05) is 12.1 Å². The van der Waals surface area contributed by atoms with Gasteiger partial charge in [0.2, 0.25) is 0 Å². The molecule has 0 aliphatic carbocycles. The fourth-order valence-corrected chi connectivity index (χ4v) is 3.25. The van der Waals surface area contributed by atoms with E-state index in [2.05, 4.69) is 48.2 Å². The molecule has 3 rings (SSSR count). The van der Waals surface area contributed by atoms with E-state index in [0.29, 0.717) is 6.04 Å². The maximum atomic E-state index is 5.99. The van der Waals surface area contributed by atoms with E-state index in [1.165, 1.54) is 36.1 Å². The summed E-state index contributed by atoms with van der Waals surface area (Å²) in [5.74, 6) is 0. The summed E-state index contributed by atoms with van der Waals surface area (Å²) in [5.41, 5.74) is 4.13. The SMILES string of the molecule is Cc1cccc(CN2CCC[C@H]2c2ccc(Cl)cc2)c1. The van der Waals surface area contributed by atoms with Gasteiger partial charge in [-0.05, 0) is 49.6 Å². The molecule has 0 spiro atoms. The zero-order chi connectivity index (χ0) is 13.9. The monoisotopic (exact) mass is 285 g/mol. The molecule has 1 fully saturated rings. The number of aryl methyl sites for hydroxylation is 1. The van der Waals surface area contributed by atoms with Crippen LogP contribution in [-0.4, -0.2) is 11.4 Å². The van der Waals surface area contributed by atoms with Crippen molar-refractivity contribution in [3.8, 4) is 0 Å². The van der Waals surface area contributed by atoms with Crippen molar-refractivity contribution in [2.45, 2.75) is 32.4 Å². The molecule has 1 aliphatic heterocycles. The average molecular weight is 286 g/mol. The molecule has 1 saturated heterocycles. The standard InChI is InChI=1S/C18H20ClN/c1-14-4-2-5-15(12-14)13-20-11-3-6-18(20)16-7-9-17(19)10-8-16/h2,4-5,7-10,12,18H,3,6,11,13H2,1H3/t18-/m0/s1. The normalized spacial score (nSPS) is 19.4. The lowest BCUT2D eigenvalue weighted by molar-refractivity contribution is 0.248.